The van der Waals surface area contributed by atoms with E-state index in [2.05, 4.69) is 20.6 Å². The molecule has 2 aromatic carbocycles. The maximum Gasteiger partial charge on any atom is 0.319 e. The van der Waals surface area contributed by atoms with Crippen molar-refractivity contribution in [3.8, 4) is 11.3 Å². The van der Waals surface area contributed by atoms with Gasteiger partial charge in [0.2, 0.25) is 0 Å². The lowest BCUT2D eigenvalue weighted by atomic mass is 9.95. The van der Waals surface area contributed by atoms with Crippen molar-refractivity contribution in [3.05, 3.63) is 78.2 Å². The molecule has 1 heterocycles. The summed E-state index contributed by atoms with van der Waals surface area (Å²) in [4.78, 5) is 23.1. The number of aryl methyl sites for hydroxylation is 1. The largest absolute Gasteiger partial charge is 0.388 e. The molecule has 162 valence electrons. The third-order valence-electron chi connectivity index (χ3n) is 4.90. The Morgan fingerprint density at radius 2 is 1.87 bits per heavy atom. The Morgan fingerprint density at radius 1 is 1.10 bits per heavy atom. The van der Waals surface area contributed by atoms with Crippen LogP contribution in [0.25, 0.3) is 11.3 Å². The summed E-state index contributed by atoms with van der Waals surface area (Å²) >= 11 is 0. The van der Waals surface area contributed by atoms with Crippen molar-refractivity contribution in [3.63, 3.8) is 0 Å². The summed E-state index contributed by atoms with van der Waals surface area (Å²) in [5.41, 5.74) is 3.20. The molecule has 0 radical (unpaired) electrons. The van der Waals surface area contributed by atoms with E-state index in [-0.39, 0.29) is 11.9 Å². The Morgan fingerprint density at radius 3 is 2.58 bits per heavy atom. The number of nitrogens with zero attached hydrogens (tertiary/aromatic N) is 3. The maximum absolute atomic E-state index is 12.5. The van der Waals surface area contributed by atoms with Crippen LogP contribution in [0.1, 0.15) is 17.5 Å². The molecule has 0 spiro atoms. The zero-order chi connectivity index (χ0) is 22.2. The average molecular weight is 420 g/mol. The van der Waals surface area contributed by atoms with E-state index in [1.165, 1.54) is 0 Å². The first-order chi connectivity index (χ1) is 14.9. The molecule has 7 nitrogen and oxygen atoms in total. The fourth-order valence-corrected chi connectivity index (χ4v) is 3.44. The van der Waals surface area contributed by atoms with Crippen LogP contribution in [0.15, 0.2) is 66.9 Å². The van der Waals surface area contributed by atoms with Gasteiger partial charge in [0, 0.05) is 36.5 Å². The molecule has 0 bridgehead atoms. The lowest BCUT2D eigenvalue weighted by Gasteiger charge is -2.26. The van der Waals surface area contributed by atoms with Crippen molar-refractivity contribution in [2.24, 2.45) is 5.92 Å². The number of hydrogen-bond donors (Lipinski definition) is 3. The number of aliphatic hydroxyl groups is 1. The molecule has 0 saturated heterocycles. The first-order valence-electron chi connectivity index (χ1n) is 10.2. The molecule has 1 aromatic heterocycles. The quantitative estimate of drug-likeness (QED) is 0.520. The molecule has 0 aliphatic rings. The number of carbonyl (C=O) groups is 1. The van der Waals surface area contributed by atoms with Crippen LogP contribution in [-0.2, 0) is 0 Å². The summed E-state index contributed by atoms with van der Waals surface area (Å²) in [7, 11) is 3.90. The number of amides is 2. The van der Waals surface area contributed by atoms with Crippen LogP contribution in [0.3, 0.4) is 0 Å². The monoisotopic (exact) mass is 419 g/mol. The molecule has 0 fully saturated rings. The van der Waals surface area contributed by atoms with E-state index in [1.807, 2.05) is 86.6 Å². The third-order valence-corrected chi connectivity index (χ3v) is 4.90. The lowest BCUT2D eigenvalue weighted by Crippen LogP contribution is -2.39. The minimum absolute atomic E-state index is 0.154. The molecule has 3 N–H and O–H groups in total. The highest BCUT2D eigenvalue weighted by Crippen LogP contribution is 2.23. The van der Waals surface area contributed by atoms with Gasteiger partial charge in [-0.15, -0.1) is 0 Å². The SMILES string of the molecule is Cc1nccc(-c2cccc(NC(=O)NCC(CN(C)C)C(O)c3ccccc3)c2)n1. The number of urea groups is 1. The molecule has 3 aromatic rings. The standard InChI is InChI=1S/C24H29N5O2/c1-17-25-13-12-22(27-17)19-10-7-11-21(14-19)28-24(31)26-15-20(16-29(2)3)23(30)18-8-5-4-6-9-18/h4-14,20,23,30H,15-16H2,1-3H3,(H2,26,28,31). The molecule has 3 rings (SSSR count). The molecule has 0 aliphatic heterocycles. The summed E-state index contributed by atoms with van der Waals surface area (Å²) < 4.78 is 0. The topological polar surface area (TPSA) is 90.4 Å². The second-order valence-corrected chi connectivity index (χ2v) is 7.78. The van der Waals surface area contributed by atoms with Gasteiger partial charge in [-0.05, 0) is 44.8 Å². The normalized spacial score (nSPS) is 12.9. The van der Waals surface area contributed by atoms with Gasteiger partial charge >= 0.3 is 6.03 Å². The van der Waals surface area contributed by atoms with Gasteiger partial charge in [0.15, 0.2) is 0 Å². The van der Waals surface area contributed by atoms with Crippen LogP contribution in [0.2, 0.25) is 0 Å². The fraction of sp³-hybridized carbons (Fsp3) is 0.292. The molecule has 0 aliphatic carbocycles. The maximum atomic E-state index is 12.5. The van der Waals surface area contributed by atoms with Crippen LogP contribution in [0.4, 0.5) is 10.5 Å². The van der Waals surface area contributed by atoms with E-state index >= 15 is 0 Å². The van der Waals surface area contributed by atoms with Gasteiger partial charge < -0.3 is 20.6 Å². The van der Waals surface area contributed by atoms with Crippen LogP contribution in [0.5, 0.6) is 0 Å². The number of aliphatic hydroxyl groups excluding tert-OH is 1. The minimum Gasteiger partial charge on any atom is -0.388 e. The van der Waals surface area contributed by atoms with Gasteiger partial charge in [0.25, 0.3) is 0 Å². The van der Waals surface area contributed by atoms with E-state index in [9.17, 15) is 9.90 Å². The number of anilines is 1. The Labute approximate surface area is 183 Å². The Hall–Kier alpha value is -3.29. The summed E-state index contributed by atoms with van der Waals surface area (Å²) in [5, 5.41) is 16.6. The molecular formula is C24H29N5O2. The number of nitrogens with one attached hydrogen (secondary N) is 2. The van der Waals surface area contributed by atoms with Gasteiger partial charge in [0.1, 0.15) is 5.82 Å². The second kappa shape index (κ2) is 10.7. The first kappa shape index (κ1) is 22.4. The molecule has 7 heteroatoms. The number of aromatic nitrogens is 2. The van der Waals surface area contributed by atoms with E-state index in [0.717, 1.165) is 16.8 Å². The zero-order valence-electron chi connectivity index (χ0n) is 18.1. The van der Waals surface area contributed by atoms with Crippen molar-refractivity contribution in [1.29, 1.82) is 0 Å². The highest BCUT2D eigenvalue weighted by atomic mass is 16.3. The summed E-state index contributed by atoms with van der Waals surface area (Å²) in [6.07, 6.45) is 1.04. The summed E-state index contributed by atoms with van der Waals surface area (Å²) in [5.74, 6) is 0.538. The molecule has 2 unspecified atom stereocenters. The highest BCUT2D eigenvalue weighted by Gasteiger charge is 2.22. The molecule has 2 atom stereocenters. The van der Waals surface area contributed by atoms with Crippen LogP contribution in [0, 0.1) is 12.8 Å². The smallest absolute Gasteiger partial charge is 0.319 e. The third kappa shape index (κ3) is 6.60. The van der Waals surface area contributed by atoms with Crippen LogP contribution in [-0.4, -0.2) is 53.2 Å². The average Bonchev–Trinajstić information content (AvgIpc) is 2.76. The van der Waals surface area contributed by atoms with E-state index in [4.69, 9.17) is 0 Å². The fourth-order valence-electron chi connectivity index (χ4n) is 3.44. The molecule has 0 saturated carbocycles. The predicted molar refractivity (Wildman–Crippen MR) is 123 cm³/mol. The van der Waals surface area contributed by atoms with Crippen molar-refractivity contribution >= 4 is 11.7 Å². The highest BCUT2D eigenvalue weighted by molar-refractivity contribution is 5.90. The second-order valence-electron chi connectivity index (χ2n) is 7.78. The van der Waals surface area contributed by atoms with Crippen molar-refractivity contribution in [2.45, 2.75) is 13.0 Å². The predicted octanol–water partition coefficient (Wildman–Crippen LogP) is 3.48. The van der Waals surface area contributed by atoms with Crippen LogP contribution < -0.4 is 10.6 Å². The van der Waals surface area contributed by atoms with Gasteiger partial charge in [-0.1, -0.05) is 42.5 Å². The summed E-state index contributed by atoms with van der Waals surface area (Å²) in [6.45, 7) is 2.82. The number of benzene rings is 2. The van der Waals surface area contributed by atoms with Gasteiger partial charge in [-0.2, -0.15) is 0 Å². The van der Waals surface area contributed by atoms with E-state index in [0.29, 0.717) is 24.6 Å². The number of rotatable bonds is 8. The van der Waals surface area contributed by atoms with Crippen molar-refractivity contribution in [2.75, 3.05) is 32.5 Å². The van der Waals surface area contributed by atoms with E-state index < -0.39 is 6.10 Å². The Bertz CT molecular complexity index is 994. The van der Waals surface area contributed by atoms with Gasteiger partial charge in [0.05, 0.1) is 11.8 Å². The minimum atomic E-state index is -0.673. The molecular weight excluding hydrogens is 390 g/mol. The van der Waals surface area contributed by atoms with Crippen molar-refractivity contribution < 1.29 is 9.90 Å². The van der Waals surface area contributed by atoms with Crippen molar-refractivity contribution in [1.82, 2.24) is 20.2 Å². The van der Waals surface area contributed by atoms with Gasteiger partial charge in [-0.25, -0.2) is 14.8 Å². The molecule has 31 heavy (non-hydrogen) atoms. The summed E-state index contributed by atoms with van der Waals surface area (Å²) in [6, 6.07) is 18.5. The zero-order valence-corrected chi connectivity index (χ0v) is 18.1. The lowest BCUT2D eigenvalue weighted by molar-refractivity contribution is 0.0911. The Balaban J connectivity index is 1.63. The first-order valence-corrected chi connectivity index (χ1v) is 10.2. The van der Waals surface area contributed by atoms with Crippen LogP contribution >= 0.6 is 0 Å². The number of carbonyl (C=O) groups excluding carboxylic acids is 1. The Kier molecular flexibility index (Phi) is 7.70. The van der Waals surface area contributed by atoms with Gasteiger partial charge in [-0.3, -0.25) is 0 Å². The number of hydrogen-bond acceptors (Lipinski definition) is 5. The van der Waals surface area contributed by atoms with E-state index in [1.54, 1.807) is 6.20 Å². The molecule has 2 amide bonds.